The standard InChI is InChI=1S/C27H29FO4S/c1-18-26(20-10-12-22(28)13-11-20)24(27(32-18)21-7-3-2-4-8-21)15-31-23-9-5-6-19(14-23)16-33-17-25(29)30/h5-6,9-14,21H,2-4,7-8,15-17H2,1H3,(H,29,30). The number of hydrogen-bond donors (Lipinski definition) is 1. The molecule has 6 heteroatoms. The molecular formula is C27H29FO4S. The molecule has 4 rings (SSSR count). The zero-order chi connectivity index (χ0) is 23.2. The van der Waals surface area contributed by atoms with Gasteiger partial charge in [0.2, 0.25) is 0 Å². The van der Waals surface area contributed by atoms with Gasteiger partial charge in [-0.15, -0.1) is 11.8 Å². The number of rotatable bonds is 9. The molecule has 33 heavy (non-hydrogen) atoms. The molecule has 3 aromatic rings. The summed E-state index contributed by atoms with van der Waals surface area (Å²) >= 11 is 1.36. The van der Waals surface area contributed by atoms with Gasteiger partial charge in [-0.3, -0.25) is 4.79 Å². The topological polar surface area (TPSA) is 59.7 Å². The third-order valence-electron chi connectivity index (χ3n) is 6.10. The van der Waals surface area contributed by atoms with Crippen molar-refractivity contribution in [2.24, 2.45) is 0 Å². The highest BCUT2D eigenvalue weighted by Gasteiger charge is 2.27. The molecular weight excluding hydrogens is 439 g/mol. The molecule has 1 aliphatic rings. The monoisotopic (exact) mass is 468 g/mol. The van der Waals surface area contributed by atoms with Gasteiger partial charge in [0.15, 0.2) is 0 Å². The van der Waals surface area contributed by atoms with Gasteiger partial charge < -0.3 is 14.3 Å². The van der Waals surface area contributed by atoms with Gasteiger partial charge in [0.25, 0.3) is 0 Å². The summed E-state index contributed by atoms with van der Waals surface area (Å²) in [7, 11) is 0. The second-order valence-electron chi connectivity index (χ2n) is 8.54. The summed E-state index contributed by atoms with van der Waals surface area (Å²) < 4.78 is 26.1. The van der Waals surface area contributed by atoms with Gasteiger partial charge in [0, 0.05) is 22.8 Å². The molecule has 0 spiro atoms. The third-order valence-corrected chi connectivity index (χ3v) is 7.09. The Morgan fingerprint density at radius 2 is 1.91 bits per heavy atom. The van der Waals surface area contributed by atoms with Crippen LogP contribution >= 0.6 is 11.8 Å². The fraction of sp³-hybridized carbons (Fsp3) is 0.370. The van der Waals surface area contributed by atoms with Crippen LogP contribution in [0, 0.1) is 12.7 Å². The van der Waals surface area contributed by atoms with E-state index in [0.29, 0.717) is 18.3 Å². The molecule has 1 heterocycles. The van der Waals surface area contributed by atoms with Gasteiger partial charge in [-0.1, -0.05) is 43.5 Å². The summed E-state index contributed by atoms with van der Waals surface area (Å²) in [5.41, 5.74) is 3.98. The Hall–Kier alpha value is -2.73. The summed E-state index contributed by atoms with van der Waals surface area (Å²) in [6, 6.07) is 14.3. The Labute approximate surface area is 198 Å². The van der Waals surface area contributed by atoms with Crippen LogP contribution in [0.25, 0.3) is 11.1 Å². The quantitative estimate of drug-likeness (QED) is 0.356. The molecule has 0 bridgehead atoms. The number of carbonyl (C=O) groups is 1. The van der Waals surface area contributed by atoms with Gasteiger partial charge in [0.1, 0.15) is 29.7 Å². The van der Waals surface area contributed by atoms with Gasteiger partial charge >= 0.3 is 5.97 Å². The normalized spacial score (nSPS) is 14.4. The smallest absolute Gasteiger partial charge is 0.313 e. The zero-order valence-electron chi connectivity index (χ0n) is 18.8. The van der Waals surface area contributed by atoms with Crippen LogP contribution in [-0.2, 0) is 17.2 Å². The molecule has 1 aliphatic carbocycles. The molecule has 0 amide bonds. The first kappa shape index (κ1) is 23.4. The van der Waals surface area contributed by atoms with Crippen molar-refractivity contribution in [1.82, 2.24) is 0 Å². The molecule has 2 aromatic carbocycles. The molecule has 0 aliphatic heterocycles. The SMILES string of the molecule is Cc1oc(C2CCCCC2)c(COc2cccc(CSCC(=O)O)c2)c1-c1ccc(F)cc1. The van der Waals surface area contributed by atoms with E-state index >= 15 is 0 Å². The van der Waals surface area contributed by atoms with E-state index in [-0.39, 0.29) is 11.6 Å². The van der Waals surface area contributed by atoms with E-state index < -0.39 is 5.97 Å². The number of ether oxygens (including phenoxy) is 1. The molecule has 0 saturated heterocycles. The van der Waals surface area contributed by atoms with Crippen LogP contribution in [0.15, 0.2) is 52.9 Å². The highest BCUT2D eigenvalue weighted by Crippen LogP contribution is 2.41. The number of thioether (sulfide) groups is 1. The van der Waals surface area contributed by atoms with Crippen molar-refractivity contribution in [3.63, 3.8) is 0 Å². The van der Waals surface area contributed by atoms with Crippen molar-refractivity contribution in [3.05, 3.63) is 77.0 Å². The zero-order valence-corrected chi connectivity index (χ0v) is 19.6. The maximum absolute atomic E-state index is 13.6. The fourth-order valence-corrected chi connectivity index (χ4v) is 5.27. The minimum atomic E-state index is -0.814. The highest BCUT2D eigenvalue weighted by atomic mass is 32.2. The molecule has 1 saturated carbocycles. The van der Waals surface area contributed by atoms with E-state index in [1.165, 1.54) is 43.2 Å². The Morgan fingerprint density at radius 1 is 1.15 bits per heavy atom. The summed E-state index contributed by atoms with van der Waals surface area (Å²) in [5, 5.41) is 8.85. The van der Waals surface area contributed by atoms with Gasteiger partial charge in [0.05, 0.1) is 5.75 Å². The molecule has 0 radical (unpaired) electrons. The van der Waals surface area contributed by atoms with Crippen molar-refractivity contribution < 1.29 is 23.4 Å². The van der Waals surface area contributed by atoms with E-state index in [0.717, 1.165) is 52.4 Å². The van der Waals surface area contributed by atoms with E-state index in [9.17, 15) is 9.18 Å². The molecule has 1 fully saturated rings. The number of aliphatic carboxylic acids is 1. The maximum atomic E-state index is 13.6. The van der Waals surface area contributed by atoms with Crippen molar-refractivity contribution >= 4 is 17.7 Å². The van der Waals surface area contributed by atoms with Crippen molar-refractivity contribution in [2.45, 2.75) is 57.3 Å². The minimum Gasteiger partial charge on any atom is -0.489 e. The summed E-state index contributed by atoms with van der Waals surface area (Å²) in [6.07, 6.45) is 5.89. The predicted molar refractivity (Wildman–Crippen MR) is 129 cm³/mol. The minimum absolute atomic E-state index is 0.0746. The summed E-state index contributed by atoms with van der Waals surface area (Å²) in [5.74, 6) is 2.56. The Kier molecular flexibility index (Phi) is 7.76. The molecule has 1 N–H and O–H groups in total. The van der Waals surface area contributed by atoms with Gasteiger partial charge in [-0.25, -0.2) is 4.39 Å². The number of furan rings is 1. The lowest BCUT2D eigenvalue weighted by Crippen LogP contribution is -2.08. The van der Waals surface area contributed by atoms with Gasteiger partial charge in [-0.05, 0) is 55.2 Å². The number of benzene rings is 2. The highest BCUT2D eigenvalue weighted by molar-refractivity contribution is 7.99. The molecule has 4 nitrogen and oxygen atoms in total. The van der Waals surface area contributed by atoms with Crippen LogP contribution in [0.4, 0.5) is 4.39 Å². The number of halogens is 1. The molecule has 0 atom stereocenters. The van der Waals surface area contributed by atoms with Crippen LogP contribution in [0.2, 0.25) is 0 Å². The average Bonchev–Trinajstić information content (AvgIpc) is 3.15. The summed E-state index contributed by atoms with van der Waals surface area (Å²) in [4.78, 5) is 10.8. The molecule has 1 aromatic heterocycles. The lowest BCUT2D eigenvalue weighted by molar-refractivity contribution is -0.133. The van der Waals surface area contributed by atoms with Crippen molar-refractivity contribution in [1.29, 1.82) is 0 Å². The first-order valence-corrected chi connectivity index (χ1v) is 12.6. The number of carboxylic acid groups (broad SMARTS) is 1. The van der Waals surface area contributed by atoms with E-state index in [2.05, 4.69) is 0 Å². The number of hydrogen-bond acceptors (Lipinski definition) is 4. The van der Waals surface area contributed by atoms with Crippen molar-refractivity contribution in [3.8, 4) is 16.9 Å². The maximum Gasteiger partial charge on any atom is 0.313 e. The first-order valence-electron chi connectivity index (χ1n) is 11.4. The fourth-order valence-electron chi connectivity index (χ4n) is 4.58. The number of aryl methyl sites for hydroxylation is 1. The Morgan fingerprint density at radius 3 is 2.64 bits per heavy atom. The lowest BCUT2D eigenvalue weighted by Gasteiger charge is -2.21. The van der Waals surface area contributed by atoms with Crippen LogP contribution in [0.1, 0.15) is 60.7 Å². The first-order chi connectivity index (χ1) is 16.0. The van der Waals surface area contributed by atoms with E-state index in [1.54, 1.807) is 12.1 Å². The van der Waals surface area contributed by atoms with Crippen LogP contribution in [-0.4, -0.2) is 16.8 Å². The lowest BCUT2D eigenvalue weighted by atomic mass is 9.85. The van der Waals surface area contributed by atoms with Gasteiger partial charge in [-0.2, -0.15) is 0 Å². The van der Waals surface area contributed by atoms with Crippen LogP contribution < -0.4 is 4.74 Å². The predicted octanol–water partition coefficient (Wildman–Crippen LogP) is 7.34. The van der Waals surface area contributed by atoms with Crippen LogP contribution in [0.5, 0.6) is 5.75 Å². The van der Waals surface area contributed by atoms with Crippen LogP contribution in [0.3, 0.4) is 0 Å². The average molecular weight is 469 g/mol. The Balaban J connectivity index is 1.59. The second-order valence-corrected chi connectivity index (χ2v) is 9.53. The Bertz CT molecular complexity index is 1080. The largest absolute Gasteiger partial charge is 0.489 e. The summed E-state index contributed by atoms with van der Waals surface area (Å²) in [6.45, 7) is 2.33. The molecule has 174 valence electrons. The van der Waals surface area contributed by atoms with E-state index in [4.69, 9.17) is 14.3 Å². The van der Waals surface area contributed by atoms with E-state index in [1.807, 2.05) is 31.2 Å². The second kappa shape index (κ2) is 10.9. The number of carboxylic acids is 1. The third kappa shape index (κ3) is 5.99. The van der Waals surface area contributed by atoms with Crippen molar-refractivity contribution in [2.75, 3.05) is 5.75 Å². The molecule has 0 unspecified atom stereocenters.